The third kappa shape index (κ3) is 6.29. The van der Waals surface area contributed by atoms with Crippen molar-refractivity contribution < 1.29 is 14.3 Å². The first kappa shape index (κ1) is 26.1. The van der Waals surface area contributed by atoms with Gasteiger partial charge in [-0.25, -0.2) is 9.37 Å². The predicted molar refractivity (Wildman–Crippen MR) is 149 cm³/mol. The van der Waals surface area contributed by atoms with Gasteiger partial charge in [-0.05, 0) is 60.7 Å². The van der Waals surface area contributed by atoms with Crippen LogP contribution in [-0.4, -0.2) is 78.2 Å². The normalized spacial score (nSPS) is 18.7. The minimum atomic E-state index is -0.294. The third-order valence-electron chi connectivity index (χ3n) is 7.46. The van der Waals surface area contributed by atoms with E-state index in [0.29, 0.717) is 36.7 Å². The van der Waals surface area contributed by atoms with E-state index >= 15 is 0 Å². The first-order valence-corrected chi connectivity index (χ1v) is 13.5. The molecular formula is C31H35FN4O2. The zero-order valence-electron chi connectivity index (χ0n) is 21.7. The molecule has 2 aliphatic heterocycles. The molecule has 38 heavy (non-hydrogen) atoms. The van der Waals surface area contributed by atoms with E-state index in [2.05, 4.69) is 34.1 Å². The van der Waals surface area contributed by atoms with Gasteiger partial charge in [-0.15, -0.1) is 0 Å². The smallest absolute Gasteiger partial charge is 0.257 e. The molecule has 1 amide bonds. The number of benzene rings is 2. The molecular weight excluding hydrogens is 479 g/mol. The quantitative estimate of drug-likeness (QED) is 0.501. The summed E-state index contributed by atoms with van der Waals surface area (Å²) < 4.78 is 13.5. The number of rotatable bonds is 7. The number of carbonyl (C=O) groups excluding carboxylic acids is 1. The van der Waals surface area contributed by atoms with E-state index in [9.17, 15) is 14.3 Å². The number of aliphatic hydroxyl groups is 1. The van der Waals surface area contributed by atoms with Crippen LogP contribution in [0.15, 0.2) is 72.8 Å². The molecule has 0 aliphatic carbocycles. The average Bonchev–Trinajstić information content (AvgIpc) is 2.98. The second kappa shape index (κ2) is 12.3. The van der Waals surface area contributed by atoms with Crippen molar-refractivity contribution in [2.24, 2.45) is 5.92 Å². The lowest BCUT2D eigenvalue weighted by molar-refractivity contribution is 0.0650. The number of amides is 1. The van der Waals surface area contributed by atoms with Gasteiger partial charge in [-0.3, -0.25) is 9.69 Å². The van der Waals surface area contributed by atoms with Crippen LogP contribution < -0.4 is 4.90 Å². The van der Waals surface area contributed by atoms with Crippen LogP contribution in [0.2, 0.25) is 0 Å². The summed E-state index contributed by atoms with van der Waals surface area (Å²) in [5.41, 5.74) is 3.29. The van der Waals surface area contributed by atoms with Crippen molar-refractivity contribution >= 4 is 17.8 Å². The summed E-state index contributed by atoms with van der Waals surface area (Å²) >= 11 is 0. The Morgan fingerprint density at radius 3 is 2.47 bits per heavy atom. The predicted octanol–water partition coefficient (Wildman–Crippen LogP) is 4.57. The third-order valence-corrected chi connectivity index (χ3v) is 7.46. The van der Waals surface area contributed by atoms with E-state index in [4.69, 9.17) is 4.98 Å². The molecule has 0 radical (unpaired) electrons. The van der Waals surface area contributed by atoms with Crippen LogP contribution in [0.4, 0.5) is 10.2 Å². The first-order chi connectivity index (χ1) is 18.6. The van der Waals surface area contributed by atoms with Crippen molar-refractivity contribution in [3.8, 4) is 11.3 Å². The fraction of sp³-hybridized carbons (Fsp3) is 0.355. The summed E-state index contributed by atoms with van der Waals surface area (Å²) in [4.78, 5) is 25.1. The number of nitrogens with zero attached hydrogens (tertiary/aromatic N) is 4. The van der Waals surface area contributed by atoms with Gasteiger partial charge in [0.05, 0.1) is 11.3 Å². The van der Waals surface area contributed by atoms with Crippen LogP contribution in [-0.2, 0) is 0 Å². The largest absolute Gasteiger partial charge is 0.396 e. The summed E-state index contributed by atoms with van der Waals surface area (Å²) in [5.74, 6) is 0.514. The Bertz CT molecular complexity index is 1240. The number of hydrogen-bond donors (Lipinski definition) is 1. The van der Waals surface area contributed by atoms with Gasteiger partial charge in [0, 0.05) is 58.0 Å². The van der Waals surface area contributed by atoms with Crippen molar-refractivity contribution in [1.82, 2.24) is 14.8 Å². The Kier molecular flexibility index (Phi) is 8.46. The number of aromatic nitrogens is 1. The molecule has 1 unspecified atom stereocenters. The average molecular weight is 515 g/mol. The number of hydrogen-bond acceptors (Lipinski definition) is 5. The number of piperidine rings is 1. The lowest BCUT2D eigenvalue weighted by Crippen LogP contribution is -2.49. The van der Waals surface area contributed by atoms with E-state index in [1.165, 1.54) is 17.7 Å². The lowest BCUT2D eigenvalue weighted by atomic mass is 9.98. The van der Waals surface area contributed by atoms with E-state index in [0.717, 1.165) is 44.6 Å². The number of anilines is 1. The van der Waals surface area contributed by atoms with Gasteiger partial charge < -0.3 is 14.9 Å². The SMILES string of the molecule is O=C(c1ccc(-c2ccc(F)cc2)nc1N1CCCC(CO)C1)N1CCN(CC=Cc2ccccc2)CC1. The molecule has 3 heterocycles. The van der Waals surface area contributed by atoms with Crippen LogP contribution in [0, 0.1) is 11.7 Å². The standard InChI is InChI=1S/C31H35FN4O2/c32-27-12-10-26(11-13-27)29-15-14-28(30(33-29)36-17-5-9-25(22-36)23-37)31(38)35-20-18-34(19-21-35)16-4-8-24-6-2-1-3-7-24/h1-4,6-8,10-15,25,37H,5,9,16-23H2. The molecule has 7 heteroatoms. The Balaban J connectivity index is 1.30. The molecule has 1 N–H and O–H groups in total. The highest BCUT2D eigenvalue weighted by Gasteiger charge is 2.28. The van der Waals surface area contributed by atoms with Crippen molar-refractivity contribution in [1.29, 1.82) is 0 Å². The highest BCUT2D eigenvalue weighted by Crippen LogP contribution is 2.29. The van der Waals surface area contributed by atoms with Gasteiger partial charge in [-0.1, -0.05) is 42.5 Å². The maximum Gasteiger partial charge on any atom is 0.257 e. The summed E-state index contributed by atoms with van der Waals surface area (Å²) in [6.07, 6.45) is 6.22. The fourth-order valence-corrected chi connectivity index (χ4v) is 5.25. The molecule has 2 aliphatic rings. The Morgan fingerprint density at radius 2 is 1.74 bits per heavy atom. The van der Waals surface area contributed by atoms with Crippen LogP contribution in [0.3, 0.4) is 0 Å². The Labute approximate surface area is 224 Å². The zero-order chi connectivity index (χ0) is 26.3. The number of piperazine rings is 1. The van der Waals surface area contributed by atoms with E-state index in [1.807, 2.05) is 35.2 Å². The molecule has 0 bridgehead atoms. The number of pyridine rings is 1. The molecule has 3 aromatic rings. The molecule has 5 rings (SSSR count). The number of aliphatic hydroxyl groups excluding tert-OH is 1. The van der Waals surface area contributed by atoms with Crippen molar-refractivity contribution in [3.05, 3.63) is 89.8 Å². The topological polar surface area (TPSA) is 59.9 Å². The molecule has 0 spiro atoms. The molecule has 6 nitrogen and oxygen atoms in total. The van der Waals surface area contributed by atoms with Gasteiger partial charge >= 0.3 is 0 Å². The number of carbonyl (C=O) groups is 1. The van der Waals surface area contributed by atoms with Crippen molar-refractivity contribution in [2.45, 2.75) is 12.8 Å². The molecule has 198 valence electrons. The van der Waals surface area contributed by atoms with Crippen LogP contribution in [0.5, 0.6) is 0 Å². The van der Waals surface area contributed by atoms with Gasteiger partial charge in [0.15, 0.2) is 0 Å². The van der Waals surface area contributed by atoms with E-state index in [-0.39, 0.29) is 24.2 Å². The second-order valence-corrected chi connectivity index (χ2v) is 10.1. The molecule has 0 saturated carbocycles. The van der Waals surface area contributed by atoms with Crippen molar-refractivity contribution in [2.75, 3.05) is 57.3 Å². The van der Waals surface area contributed by atoms with E-state index in [1.54, 1.807) is 12.1 Å². The fourth-order valence-electron chi connectivity index (χ4n) is 5.25. The summed E-state index contributed by atoms with van der Waals surface area (Å²) in [6.45, 7) is 5.39. The Morgan fingerprint density at radius 1 is 0.974 bits per heavy atom. The minimum Gasteiger partial charge on any atom is -0.396 e. The molecule has 1 atom stereocenters. The first-order valence-electron chi connectivity index (χ1n) is 13.5. The van der Waals surface area contributed by atoms with Crippen LogP contribution in [0.25, 0.3) is 17.3 Å². The molecule has 2 saturated heterocycles. The van der Waals surface area contributed by atoms with E-state index < -0.39 is 0 Å². The minimum absolute atomic E-state index is 0.0104. The van der Waals surface area contributed by atoms with Gasteiger partial charge in [0.2, 0.25) is 0 Å². The highest BCUT2D eigenvalue weighted by atomic mass is 19.1. The molecule has 2 aromatic carbocycles. The second-order valence-electron chi connectivity index (χ2n) is 10.1. The molecule has 1 aromatic heterocycles. The zero-order valence-corrected chi connectivity index (χ0v) is 21.7. The summed E-state index contributed by atoms with van der Waals surface area (Å²) in [5, 5.41) is 9.78. The monoisotopic (exact) mass is 514 g/mol. The highest BCUT2D eigenvalue weighted by molar-refractivity contribution is 5.99. The van der Waals surface area contributed by atoms with Crippen LogP contribution >= 0.6 is 0 Å². The van der Waals surface area contributed by atoms with Gasteiger partial charge in [0.1, 0.15) is 11.6 Å². The Hall–Kier alpha value is -3.55. The van der Waals surface area contributed by atoms with Gasteiger partial charge in [-0.2, -0.15) is 0 Å². The maximum absolute atomic E-state index is 13.7. The van der Waals surface area contributed by atoms with Gasteiger partial charge in [0.25, 0.3) is 5.91 Å². The molecule has 2 fully saturated rings. The number of halogens is 1. The summed E-state index contributed by atoms with van der Waals surface area (Å²) in [6, 6.07) is 20.2. The lowest BCUT2D eigenvalue weighted by Gasteiger charge is -2.36. The summed E-state index contributed by atoms with van der Waals surface area (Å²) in [7, 11) is 0. The van der Waals surface area contributed by atoms with Crippen molar-refractivity contribution in [3.63, 3.8) is 0 Å². The maximum atomic E-state index is 13.7. The van der Waals surface area contributed by atoms with Crippen LogP contribution in [0.1, 0.15) is 28.8 Å².